The molecule has 4 rings (SSSR count). The van der Waals surface area contributed by atoms with Crippen LogP contribution < -0.4 is 0 Å². The Morgan fingerprint density at radius 2 is 1.86 bits per heavy atom. The van der Waals surface area contributed by atoms with E-state index in [0.717, 1.165) is 21.0 Å². The molecule has 0 saturated heterocycles. The van der Waals surface area contributed by atoms with E-state index in [1.807, 2.05) is 48.5 Å². The fraction of sp³-hybridized carbons (Fsp3) is 0. The average molecular weight is 305 g/mol. The minimum absolute atomic E-state index is 0.255. The smallest absolute Gasteiger partial charge is 0.249 e. The van der Waals surface area contributed by atoms with E-state index in [4.69, 9.17) is 0 Å². The third kappa shape index (κ3) is 2.21. The molecule has 106 valence electrons. The van der Waals surface area contributed by atoms with E-state index in [1.54, 1.807) is 12.4 Å². The molecule has 0 aliphatic rings. The quantitative estimate of drug-likeness (QED) is 0.562. The summed E-state index contributed by atoms with van der Waals surface area (Å²) >= 11 is 1.49. The topological polar surface area (TPSA) is 58.4 Å². The summed E-state index contributed by atoms with van der Waals surface area (Å²) in [5, 5.41) is 12.0. The lowest BCUT2D eigenvalue weighted by molar-refractivity contribution is 0.483. The molecule has 0 amide bonds. The summed E-state index contributed by atoms with van der Waals surface area (Å²) in [4.78, 5) is 13.6. The second kappa shape index (κ2) is 5.20. The van der Waals surface area contributed by atoms with Crippen molar-refractivity contribution in [2.24, 2.45) is 4.99 Å². The monoisotopic (exact) mass is 305 g/mol. The molecule has 22 heavy (non-hydrogen) atoms. The predicted molar refractivity (Wildman–Crippen MR) is 90.3 cm³/mol. The first-order chi connectivity index (χ1) is 10.8. The number of aromatic nitrogens is 2. The van der Waals surface area contributed by atoms with Crippen molar-refractivity contribution in [2.45, 2.75) is 0 Å². The highest BCUT2D eigenvalue weighted by Crippen LogP contribution is 2.35. The molecule has 0 atom stereocenters. The third-order valence-electron chi connectivity index (χ3n) is 3.37. The first-order valence-electron chi connectivity index (χ1n) is 6.77. The Morgan fingerprint density at radius 1 is 1.05 bits per heavy atom. The van der Waals surface area contributed by atoms with Crippen LogP contribution in [0.1, 0.15) is 4.88 Å². The van der Waals surface area contributed by atoms with Crippen molar-refractivity contribution in [3.63, 3.8) is 0 Å². The number of thiophene rings is 1. The number of aliphatic imine (C=N–C) groups is 1. The van der Waals surface area contributed by atoms with Crippen molar-refractivity contribution >= 4 is 44.5 Å². The number of benzene rings is 2. The minimum atomic E-state index is 0.255. The van der Waals surface area contributed by atoms with Crippen molar-refractivity contribution in [3.05, 3.63) is 59.6 Å². The van der Waals surface area contributed by atoms with Gasteiger partial charge in [-0.2, -0.15) is 0 Å². The Kier molecular flexibility index (Phi) is 3.05. The molecule has 0 bridgehead atoms. The molecule has 1 N–H and O–H groups in total. The Hall–Kier alpha value is -2.79. The van der Waals surface area contributed by atoms with Crippen molar-refractivity contribution in [3.8, 4) is 5.75 Å². The zero-order chi connectivity index (χ0) is 14.9. The van der Waals surface area contributed by atoms with E-state index in [1.165, 1.54) is 11.3 Å². The standard InChI is InChI=1S/C17H11N3OS/c21-16-12-6-2-4-8-14(12)22-15(16)10-19-17-18-9-11-5-1-3-7-13(11)20-17/h1-10,21H. The molecule has 5 heteroatoms. The number of hydrogen-bond acceptors (Lipinski definition) is 5. The van der Waals surface area contributed by atoms with Crippen LogP contribution in [0, 0.1) is 0 Å². The summed E-state index contributed by atoms with van der Waals surface area (Å²) < 4.78 is 1.03. The van der Waals surface area contributed by atoms with Gasteiger partial charge in [-0.05, 0) is 18.2 Å². The van der Waals surface area contributed by atoms with Gasteiger partial charge in [0.25, 0.3) is 0 Å². The van der Waals surface area contributed by atoms with Crippen molar-refractivity contribution in [1.29, 1.82) is 0 Å². The fourth-order valence-corrected chi connectivity index (χ4v) is 3.25. The van der Waals surface area contributed by atoms with E-state index in [2.05, 4.69) is 15.0 Å². The van der Waals surface area contributed by atoms with Gasteiger partial charge in [0, 0.05) is 21.7 Å². The van der Waals surface area contributed by atoms with Gasteiger partial charge < -0.3 is 5.11 Å². The normalized spacial score (nSPS) is 11.6. The molecule has 4 aromatic rings. The van der Waals surface area contributed by atoms with E-state index >= 15 is 0 Å². The maximum atomic E-state index is 10.2. The van der Waals surface area contributed by atoms with Gasteiger partial charge in [0.15, 0.2) is 0 Å². The first-order valence-corrected chi connectivity index (χ1v) is 7.59. The zero-order valence-electron chi connectivity index (χ0n) is 11.5. The van der Waals surface area contributed by atoms with Crippen LogP contribution in [-0.4, -0.2) is 21.3 Å². The maximum Gasteiger partial charge on any atom is 0.249 e. The number of hydrogen-bond donors (Lipinski definition) is 1. The van der Waals surface area contributed by atoms with Crippen molar-refractivity contribution in [2.75, 3.05) is 0 Å². The van der Waals surface area contributed by atoms with Crippen LogP contribution in [0.3, 0.4) is 0 Å². The summed E-state index contributed by atoms with van der Waals surface area (Å²) in [6.45, 7) is 0. The SMILES string of the molecule is Oc1c(C=Nc2ncc3ccccc3n2)sc2ccccc12. The molecule has 2 aromatic heterocycles. The lowest BCUT2D eigenvalue weighted by Crippen LogP contribution is -1.84. The summed E-state index contributed by atoms with van der Waals surface area (Å²) in [7, 11) is 0. The summed E-state index contributed by atoms with van der Waals surface area (Å²) in [5.74, 6) is 0.640. The third-order valence-corrected chi connectivity index (χ3v) is 4.46. The van der Waals surface area contributed by atoms with E-state index in [-0.39, 0.29) is 5.75 Å². The van der Waals surface area contributed by atoms with Crippen molar-refractivity contribution in [1.82, 2.24) is 9.97 Å². The number of rotatable bonds is 2. The van der Waals surface area contributed by atoms with E-state index in [9.17, 15) is 5.11 Å². The van der Waals surface area contributed by atoms with Gasteiger partial charge in [0.2, 0.25) is 5.95 Å². The number of aromatic hydroxyl groups is 1. The highest BCUT2D eigenvalue weighted by Gasteiger charge is 2.08. The van der Waals surface area contributed by atoms with Crippen LogP contribution in [0.25, 0.3) is 21.0 Å². The Morgan fingerprint density at radius 3 is 2.77 bits per heavy atom. The Balaban J connectivity index is 1.73. The zero-order valence-corrected chi connectivity index (χ0v) is 12.3. The number of fused-ring (bicyclic) bond motifs is 2. The summed E-state index contributed by atoms with van der Waals surface area (Å²) in [6, 6.07) is 15.5. The molecule has 0 unspecified atom stereocenters. The molecule has 2 aromatic carbocycles. The van der Waals surface area contributed by atoms with Crippen LogP contribution in [-0.2, 0) is 0 Å². The van der Waals surface area contributed by atoms with Gasteiger partial charge in [0.05, 0.1) is 16.6 Å². The van der Waals surface area contributed by atoms with Gasteiger partial charge in [-0.3, -0.25) is 0 Å². The highest BCUT2D eigenvalue weighted by molar-refractivity contribution is 7.21. The number of para-hydroxylation sites is 1. The molecule has 4 nitrogen and oxygen atoms in total. The Bertz CT molecular complexity index is 1010. The van der Waals surface area contributed by atoms with Gasteiger partial charge in [-0.15, -0.1) is 11.3 Å². The molecular weight excluding hydrogens is 294 g/mol. The molecule has 2 heterocycles. The van der Waals surface area contributed by atoms with Gasteiger partial charge in [-0.25, -0.2) is 15.0 Å². The van der Waals surface area contributed by atoms with E-state index < -0.39 is 0 Å². The molecule has 0 radical (unpaired) electrons. The van der Waals surface area contributed by atoms with E-state index in [0.29, 0.717) is 10.8 Å². The molecular formula is C17H11N3OS. The second-order valence-corrected chi connectivity index (χ2v) is 5.88. The second-order valence-electron chi connectivity index (χ2n) is 4.80. The molecule has 0 aliphatic heterocycles. The Labute approximate surface area is 130 Å². The van der Waals surface area contributed by atoms with Crippen LogP contribution in [0.5, 0.6) is 5.75 Å². The fourth-order valence-electron chi connectivity index (χ4n) is 2.28. The molecule has 0 aliphatic carbocycles. The number of nitrogens with zero attached hydrogens (tertiary/aromatic N) is 3. The highest BCUT2D eigenvalue weighted by atomic mass is 32.1. The first kappa shape index (κ1) is 12.9. The predicted octanol–water partition coefficient (Wildman–Crippen LogP) is 4.30. The minimum Gasteiger partial charge on any atom is -0.506 e. The van der Waals surface area contributed by atoms with Gasteiger partial charge in [0.1, 0.15) is 5.75 Å². The maximum absolute atomic E-state index is 10.2. The van der Waals surface area contributed by atoms with Crippen LogP contribution in [0.4, 0.5) is 5.95 Å². The van der Waals surface area contributed by atoms with Gasteiger partial charge >= 0.3 is 0 Å². The lowest BCUT2D eigenvalue weighted by atomic mass is 10.2. The van der Waals surface area contributed by atoms with Gasteiger partial charge in [-0.1, -0.05) is 30.3 Å². The lowest BCUT2D eigenvalue weighted by Gasteiger charge is -1.96. The summed E-state index contributed by atoms with van der Waals surface area (Å²) in [6.07, 6.45) is 3.36. The summed E-state index contributed by atoms with van der Waals surface area (Å²) in [5.41, 5.74) is 0.852. The van der Waals surface area contributed by atoms with Crippen LogP contribution >= 0.6 is 11.3 Å². The van der Waals surface area contributed by atoms with Crippen LogP contribution in [0.2, 0.25) is 0 Å². The van der Waals surface area contributed by atoms with Crippen molar-refractivity contribution < 1.29 is 5.11 Å². The largest absolute Gasteiger partial charge is 0.506 e. The molecule has 0 saturated carbocycles. The molecule has 0 fully saturated rings. The molecule has 0 spiro atoms. The average Bonchev–Trinajstić information content (AvgIpc) is 2.89. The van der Waals surface area contributed by atoms with Crippen LogP contribution in [0.15, 0.2) is 59.7 Å².